The summed E-state index contributed by atoms with van der Waals surface area (Å²) in [5.74, 6) is 0. The molecule has 2 heterocycles. The summed E-state index contributed by atoms with van der Waals surface area (Å²) in [6, 6.07) is 3.76. The summed E-state index contributed by atoms with van der Waals surface area (Å²) in [7, 11) is 0.0996. The van der Waals surface area contributed by atoms with Gasteiger partial charge in [0.2, 0.25) is 0 Å². The Morgan fingerprint density at radius 1 is 1.07 bits per heavy atom. The summed E-state index contributed by atoms with van der Waals surface area (Å²) < 4.78 is 24.2. The zero-order chi connectivity index (χ0) is 22.6. The molecule has 0 atom stereocenters. The standard InChI is InChI=1S/C22H36FN3O2Si/c1-20(2,3)28-19(27)25(10)15-12-17-16(24-14-15)13-18(26(17)11)29(23,21(4,5)6)22(7,8)9/h12-14H,1-11H3. The Kier molecular flexibility index (Phi) is 5.73. The topological polar surface area (TPSA) is 47.4 Å². The number of nitrogens with zero attached hydrogens (tertiary/aromatic N) is 3. The van der Waals surface area contributed by atoms with Crippen molar-refractivity contribution in [2.75, 3.05) is 11.9 Å². The highest BCUT2D eigenvalue weighted by atomic mass is 28.4. The van der Waals surface area contributed by atoms with E-state index in [1.807, 2.05) is 86.1 Å². The number of hydrogen-bond acceptors (Lipinski definition) is 3. The van der Waals surface area contributed by atoms with Crippen LogP contribution in [0.3, 0.4) is 0 Å². The Labute approximate surface area is 175 Å². The summed E-state index contributed by atoms with van der Waals surface area (Å²) in [5.41, 5.74) is 1.56. The molecule has 0 N–H and O–H groups in total. The van der Waals surface area contributed by atoms with Crippen molar-refractivity contribution in [3.8, 4) is 0 Å². The fourth-order valence-electron chi connectivity index (χ4n) is 4.03. The molecule has 0 saturated heterocycles. The van der Waals surface area contributed by atoms with Crippen molar-refractivity contribution >= 4 is 36.5 Å². The molecule has 5 nitrogen and oxygen atoms in total. The second kappa shape index (κ2) is 7.11. The highest BCUT2D eigenvalue weighted by Gasteiger charge is 2.58. The lowest BCUT2D eigenvalue weighted by Gasteiger charge is -2.44. The van der Waals surface area contributed by atoms with Gasteiger partial charge in [-0.05, 0) is 43.0 Å². The number of halogens is 1. The summed E-state index contributed by atoms with van der Waals surface area (Å²) in [4.78, 5) is 18.4. The molecule has 0 aliphatic rings. The molecule has 0 aliphatic heterocycles. The summed E-state index contributed by atoms with van der Waals surface area (Å²) in [6.45, 7) is 17.4. The van der Waals surface area contributed by atoms with Gasteiger partial charge in [-0.25, -0.2) is 4.79 Å². The number of carbonyl (C=O) groups is 1. The molecule has 2 aromatic heterocycles. The molecule has 29 heavy (non-hydrogen) atoms. The van der Waals surface area contributed by atoms with E-state index in [2.05, 4.69) is 4.98 Å². The number of rotatable bonds is 2. The van der Waals surface area contributed by atoms with E-state index in [4.69, 9.17) is 4.74 Å². The Balaban J connectivity index is 2.59. The van der Waals surface area contributed by atoms with Crippen LogP contribution in [0.5, 0.6) is 0 Å². The van der Waals surface area contributed by atoms with Gasteiger partial charge in [0, 0.05) is 19.4 Å². The number of hydrogen-bond donors (Lipinski definition) is 0. The van der Waals surface area contributed by atoms with Gasteiger partial charge in [-0.1, -0.05) is 41.5 Å². The van der Waals surface area contributed by atoms with Gasteiger partial charge in [0.05, 0.1) is 22.9 Å². The van der Waals surface area contributed by atoms with E-state index < -0.39 is 30.2 Å². The van der Waals surface area contributed by atoms with E-state index in [0.717, 1.165) is 16.4 Å². The fourth-order valence-corrected chi connectivity index (χ4v) is 8.74. The second-order valence-electron chi connectivity index (χ2n) is 10.9. The molecule has 0 fully saturated rings. The predicted octanol–water partition coefficient (Wildman–Crippen LogP) is 5.67. The first-order chi connectivity index (χ1) is 12.9. The number of fused-ring (bicyclic) bond motifs is 1. The van der Waals surface area contributed by atoms with Gasteiger partial charge in [0.25, 0.3) is 0 Å². The van der Waals surface area contributed by atoms with Crippen molar-refractivity contribution in [3.05, 3.63) is 18.3 Å². The Bertz CT molecular complexity index is 903. The zero-order valence-electron chi connectivity index (χ0n) is 19.8. The molecule has 1 amide bonds. The lowest BCUT2D eigenvalue weighted by molar-refractivity contribution is 0.0589. The molecule has 0 bridgehead atoms. The first-order valence-electron chi connectivity index (χ1n) is 10.0. The third-order valence-electron chi connectivity index (χ3n) is 5.35. The SMILES string of the molecule is CN(C(=O)OC(C)(C)C)c1cnc2cc([Si](F)(C(C)(C)C)C(C)(C)C)n(C)c2c1. The van der Waals surface area contributed by atoms with Gasteiger partial charge in [0.1, 0.15) is 5.60 Å². The average Bonchev–Trinajstić information content (AvgIpc) is 2.86. The molecule has 0 aliphatic carbocycles. The van der Waals surface area contributed by atoms with Crippen LogP contribution in [0.15, 0.2) is 18.3 Å². The van der Waals surface area contributed by atoms with Crippen molar-refractivity contribution < 1.29 is 13.6 Å². The minimum absolute atomic E-state index is 0.452. The Morgan fingerprint density at radius 2 is 1.59 bits per heavy atom. The molecule has 162 valence electrons. The normalized spacial score (nSPS) is 13.7. The molecular formula is C22H36FN3O2Si. The minimum atomic E-state index is -3.44. The molecular weight excluding hydrogens is 385 g/mol. The zero-order valence-corrected chi connectivity index (χ0v) is 20.8. The lowest BCUT2D eigenvalue weighted by Crippen LogP contribution is -2.60. The van der Waals surface area contributed by atoms with Crippen molar-refractivity contribution in [2.45, 2.75) is 78.0 Å². The monoisotopic (exact) mass is 421 g/mol. The van der Waals surface area contributed by atoms with Gasteiger partial charge < -0.3 is 13.4 Å². The number of anilines is 1. The molecule has 2 aromatic rings. The van der Waals surface area contributed by atoms with Crippen LogP contribution in [0.1, 0.15) is 62.3 Å². The Morgan fingerprint density at radius 3 is 2.03 bits per heavy atom. The van der Waals surface area contributed by atoms with Crippen molar-refractivity contribution in [1.82, 2.24) is 9.55 Å². The first-order valence-corrected chi connectivity index (χ1v) is 11.9. The molecule has 0 radical (unpaired) electrons. The van der Waals surface area contributed by atoms with Crippen LogP contribution in [-0.4, -0.2) is 36.7 Å². The quantitative estimate of drug-likeness (QED) is 0.464. The van der Waals surface area contributed by atoms with E-state index in [1.54, 1.807) is 13.2 Å². The minimum Gasteiger partial charge on any atom is -0.443 e. The van der Waals surface area contributed by atoms with Crippen molar-refractivity contribution in [3.63, 3.8) is 0 Å². The number of ether oxygens (including phenoxy) is 1. The Hall–Kier alpha value is -1.89. The predicted molar refractivity (Wildman–Crippen MR) is 121 cm³/mol. The maximum atomic E-state index is 16.8. The lowest BCUT2D eigenvalue weighted by atomic mass is 10.2. The van der Waals surface area contributed by atoms with Crippen molar-refractivity contribution in [2.24, 2.45) is 7.05 Å². The van der Waals surface area contributed by atoms with Crippen molar-refractivity contribution in [1.29, 1.82) is 0 Å². The summed E-state index contributed by atoms with van der Waals surface area (Å²) >= 11 is 0. The van der Waals surface area contributed by atoms with Crippen LogP contribution < -0.4 is 10.2 Å². The maximum absolute atomic E-state index is 16.8. The highest BCUT2D eigenvalue weighted by molar-refractivity contribution is 6.90. The number of aryl methyl sites for hydroxylation is 1. The van der Waals surface area contributed by atoms with E-state index in [1.165, 1.54) is 4.90 Å². The molecule has 0 aromatic carbocycles. The van der Waals surface area contributed by atoms with E-state index in [9.17, 15) is 4.79 Å². The van der Waals surface area contributed by atoms with Crippen LogP contribution in [-0.2, 0) is 11.8 Å². The second-order valence-corrected chi connectivity index (χ2v) is 15.7. The van der Waals surface area contributed by atoms with Crippen LogP contribution in [0.4, 0.5) is 14.6 Å². The molecule has 0 spiro atoms. The van der Waals surface area contributed by atoms with Gasteiger partial charge in [0.15, 0.2) is 0 Å². The highest BCUT2D eigenvalue weighted by Crippen LogP contribution is 2.51. The summed E-state index contributed by atoms with van der Waals surface area (Å²) in [5, 5.41) is -0.246. The molecule has 2 rings (SSSR count). The van der Waals surface area contributed by atoms with Crippen LogP contribution >= 0.6 is 0 Å². The number of aromatic nitrogens is 2. The molecule has 0 unspecified atom stereocenters. The van der Waals surface area contributed by atoms with E-state index in [0.29, 0.717) is 5.69 Å². The maximum Gasteiger partial charge on any atom is 0.414 e. The number of pyridine rings is 1. The smallest absolute Gasteiger partial charge is 0.414 e. The molecule has 0 saturated carbocycles. The van der Waals surface area contributed by atoms with Crippen LogP contribution in [0.2, 0.25) is 10.1 Å². The largest absolute Gasteiger partial charge is 0.443 e. The average molecular weight is 422 g/mol. The van der Waals surface area contributed by atoms with E-state index >= 15 is 4.11 Å². The third-order valence-corrected chi connectivity index (χ3v) is 10.7. The van der Waals surface area contributed by atoms with Gasteiger partial charge >= 0.3 is 14.5 Å². The van der Waals surface area contributed by atoms with Crippen LogP contribution in [0, 0.1) is 0 Å². The number of amides is 1. The van der Waals surface area contributed by atoms with Gasteiger partial charge in [-0.15, -0.1) is 0 Å². The number of carbonyl (C=O) groups excluding carboxylic acids is 1. The van der Waals surface area contributed by atoms with Gasteiger partial charge in [-0.2, -0.15) is 0 Å². The third kappa shape index (κ3) is 4.20. The first kappa shape index (κ1) is 23.4. The summed E-state index contributed by atoms with van der Waals surface area (Å²) in [6.07, 6.45) is 1.18. The van der Waals surface area contributed by atoms with E-state index in [-0.39, 0.29) is 0 Å². The molecule has 7 heteroatoms. The fraction of sp³-hybridized carbons (Fsp3) is 0.636. The van der Waals surface area contributed by atoms with Crippen LogP contribution in [0.25, 0.3) is 11.0 Å². The van der Waals surface area contributed by atoms with Gasteiger partial charge in [-0.3, -0.25) is 9.88 Å².